The van der Waals surface area contributed by atoms with Crippen LogP contribution >= 0.6 is 11.6 Å². The van der Waals surface area contributed by atoms with Gasteiger partial charge in [0.2, 0.25) is 0 Å². The number of anilines is 1. The molecule has 2 fully saturated rings. The van der Waals surface area contributed by atoms with Crippen molar-refractivity contribution in [3.63, 3.8) is 0 Å². The highest BCUT2D eigenvalue weighted by molar-refractivity contribution is 7.92. The molecule has 2 aliphatic carbocycles. The Labute approximate surface area is 190 Å². The van der Waals surface area contributed by atoms with E-state index < -0.39 is 38.2 Å². The molecule has 0 aromatic heterocycles. The lowest BCUT2D eigenvalue weighted by molar-refractivity contribution is -0.0413. The molecule has 5 nitrogen and oxygen atoms in total. The number of aliphatic hydroxyl groups is 1. The molecule has 172 valence electrons. The van der Waals surface area contributed by atoms with Gasteiger partial charge in [-0.3, -0.25) is 4.79 Å². The van der Waals surface area contributed by atoms with Gasteiger partial charge in [-0.05, 0) is 81.2 Å². The minimum absolute atomic E-state index is 0.00917. The van der Waals surface area contributed by atoms with E-state index in [0.717, 1.165) is 18.9 Å². The molecule has 9 heteroatoms. The van der Waals surface area contributed by atoms with Crippen LogP contribution in [-0.2, 0) is 9.84 Å². The van der Waals surface area contributed by atoms with E-state index in [0.29, 0.717) is 12.8 Å². The normalized spacial score (nSPS) is 27.4. The molecule has 32 heavy (non-hydrogen) atoms. The fourth-order valence-corrected chi connectivity index (χ4v) is 7.46. The lowest BCUT2D eigenvalue weighted by Gasteiger charge is -2.40. The summed E-state index contributed by atoms with van der Waals surface area (Å²) in [6, 6.07) is 6.08. The molecule has 2 aliphatic rings. The SMILES string of the molecule is Cc1cc(NC(=O)c2ccc(Cl)c(S(=O)(=O)[C@H]3CC4CCC(C3)[C@@]4(C)O)c2)cc(F)c1F. The lowest BCUT2D eigenvalue weighted by Crippen LogP contribution is -2.45. The van der Waals surface area contributed by atoms with Gasteiger partial charge in [0.1, 0.15) is 0 Å². The Balaban J connectivity index is 1.61. The van der Waals surface area contributed by atoms with Crippen LogP contribution in [0.1, 0.15) is 48.5 Å². The van der Waals surface area contributed by atoms with Gasteiger partial charge < -0.3 is 10.4 Å². The number of hydrogen-bond donors (Lipinski definition) is 2. The molecule has 1 amide bonds. The first-order valence-electron chi connectivity index (χ1n) is 10.4. The average molecular weight is 484 g/mol. The summed E-state index contributed by atoms with van der Waals surface area (Å²) in [5.41, 5.74) is -0.749. The number of sulfone groups is 1. The van der Waals surface area contributed by atoms with Crippen molar-refractivity contribution < 1.29 is 27.1 Å². The van der Waals surface area contributed by atoms with Crippen LogP contribution in [0, 0.1) is 30.4 Å². The largest absolute Gasteiger partial charge is 0.390 e. The summed E-state index contributed by atoms with van der Waals surface area (Å²) in [7, 11) is -3.85. The molecule has 2 aromatic rings. The van der Waals surface area contributed by atoms with Crippen molar-refractivity contribution in [3.05, 3.63) is 58.1 Å². The topological polar surface area (TPSA) is 83.5 Å². The number of fused-ring (bicyclic) bond motifs is 2. The Morgan fingerprint density at radius 1 is 1.16 bits per heavy atom. The summed E-state index contributed by atoms with van der Waals surface area (Å²) in [6.07, 6.45) is 2.25. The summed E-state index contributed by atoms with van der Waals surface area (Å²) in [4.78, 5) is 12.5. The zero-order valence-corrected chi connectivity index (χ0v) is 19.2. The van der Waals surface area contributed by atoms with E-state index in [2.05, 4.69) is 5.32 Å². The minimum atomic E-state index is -3.85. The molecular weight excluding hydrogens is 460 g/mol. The monoisotopic (exact) mass is 483 g/mol. The number of amides is 1. The number of hydrogen-bond acceptors (Lipinski definition) is 4. The Morgan fingerprint density at radius 2 is 1.78 bits per heavy atom. The van der Waals surface area contributed by atoms with Crippen molar-refractivity contribution in [2.24, 2.45) is 11.8 Å². The Kier molecular flexibility index (Phi) is 5.84. The van der Waals surface area contributed by atoms with Crippen LogP contribution in [0.2, 0.25) is 5.02 Å². The molecule has 0 aliphatic heterocycles. The van der Waals surface area contributed by atoms with E-state index in [4.69, 9.17) is 11.6 Å². The van der Waals surface area contributed by atoms with E-state index in [1.807, 2.05) is 0 Å². The predicted octanol–water partition coefficient (Wildman–Crippen LogP) is 4.89. The summed E-state index contributed by atoms with van der Waals surface area (Å²) < 4.78 is 54.0. The summed E-state index contributed by atoms with van der Waals surface area (Å²) in [6.45, 7) is 3.14. The zero-order valence-electron chi connectivity index (χ0n) is 17.7. The van der Waals surface area contributed by atoms with Gasteiger partial charge in [-0.25, -0.2) is 17.2 Å². The first-order valence-corrected chi connectivity index (χ1v) is 12.4. The second kappa shape index (κ2) is 8.08. The Morgan fingerprint density at radius 3 is 2.38 bits per heavy atom. The van der Waals surface area contributed by atoms with Gasteiger partial charge in [-0.1, -0.05) is 11.6 Å². The maximum Gasteiger partial charge on any atom is 0.255 e. The number of aryl methyl sites for hydroxylation is 1. The van der Waals surface area contributed by atoms with Crippen LogP contribution in [0.3, 0.4) is 0 Å². The standard InChI is InChI=1S/C23H24ClF2NO4S/c1-12-7-16(11-19(25)21(12)26)27-22(28)13-3-6-18(24)20(8-13)32(30,31)17-9-14-4-5-15(10-17)23(14,2)29/h3,6-8,11,14-15,17,29H,4-5,9-10H2,1-2H3,(H,27,28)/t14?,15?,17-,23-. The molecule has 2 saturated carbocycles. The van der Waals surface area contributed by atoms with E-state index >= 15 is 0 Å². The number of benzene rings is 2. The van der Waals surface area contributed by atoms with E-state index in [9.17, 15) is 27.1 Å². The van der Waals surface area contributed by atoms with E-state index in [-0.39, 0.29) is 38.6 Å². The van der Waals surface area contributed by atoms with Crippen LogP contribution in [0.25, 0.3) is 0 Å². The summed E-state index contributed by atoms with van der Waals surface area (Å²) in [5.74, 6) is -2.95. The number of carbonyl (C=O) groups is 1. The molecule has 4 rings (SSSR count). The quantitative estimate of drug-likeness (QED) is 0.648. The van der Waals surface area contributed by atoms with Gasteiger partial charge in [0, 0.05) is 17.3 Å². The highest BCUT2D eigenvalue weighted by Crippen LogP contribution is 2.51. The van der Waals surface area contributed by atoms with Crippen molar-refractivity contribution in [3.8, 4) is 0 Å². The van der Waals surface area contributed by atoms with Crippen LogP contribution in [-0.4, -0.2) is 30.3 Å². The molecule has 2 bridgehead atoms. The van der Waals surface area contributed by atoms with Crippen molar-refractivity contribution in [2.45, 2.75) is 55.3 Å². The average Bonchev–Trinajstić information content (AvgIpc) is 2.88. The highest BCUT2D eigenvalue weighted by atomic mass is 35.5. The minimum Gasteiger partial charge on any atom is -0.390 e. The van der Waals surface area contributed by atoms with Crippen molar-refractivity contribution in [2.75, 3.05) is 5.32 Å². The molecule has 2 N–H and O–H groups in total. The van der Waals surface area contributed by atoms with Gasteiger partial charge in [0.15, 0.2) is 21.5 Å². The Hall–Kier alpha value is -2.03. The predicted molar refractivity (Wildman–Crippen MR) is 118 cm³/mol. The van der Waals surface area contributed by atoms with Crippen molar-refractivity contribution >= 4 is 33.0 Å². The zero-order chi connectivity index (χ0) is 23.4. The molecule has 0 saturated heterocycles. The summed E-state index contributed by atoms with van der Waals surface area (Å²) >= 11 is 6.22. The van der Waals surface area contributed by atoms with Gasteiger partial charge in [-0.2, -0.15) is 0 Å². The Bertz CT molecular complexity index is 1160. The maximum absolute atomic E-state index is 13.7. The third kappa shape index (κ3) is 3.93. The van der Waals surface area contributed by atoms with Crippen LogP contribution < -0.4 is 5.32 Å². The second-order valence-corrected chi connectivity index (χ2v) is 11.6. The highest BCUT2D eigenvalue weighted by Gasteiger charge is 2.53. The first-order chi connectivity index (χ1) is 14.9. The molecule has 2 unspecified atom stereocenters. The van der Waals surface area contributed by atoms with Crippen LogP contribution in [0.5, 0.6) is 0 Å². The third-order valence-electron chi connectivity index (χ3n) is 7.02. The van der Waals surface area contributed by atoms with Crippen LogP contribution in [0.15, 0.2) is 35.2 Å². The maximum atomic E-state index is 13.7. The molecule has 0 radical (unpaired) electrons. The molecule has 2 atom stereocenters. The first kappa shape index (κ1) is 23.1. The van der Waals surface area contributed by atoms with Gasteiger partial charge in [0.05, 0.1) is 20.8 Å². The van der Waals surface area contributed by atoms with Crippen LogP contribution in [0.4, 0.5) is 14.5 Å². The lowest BCUT2D eigenvalue weighted by atomic mass is 9.76. The number of nitrogens with one attached hydrogen (secondary N) is 1. The van der Waals surface area contributed by atoms with Crippen molar-refractivity contribution in [1.29, 1.82) is 0 Å². The van der Waals surface area contributed by atoms with Crippen molar-refractivity contribution in [1.82, 2.24) is 0 Å². The fraction of sp³-hybridized carbons (Fsp3) is 0.435. The number of halogens is 3. The summed E-state index contributed by atoms with van der Waals surface area (Å²) in [5, 5.41) is 12.5. The molecule has 0 heterocycles. The van der Waals surface area contributed by atoms with E-state index in [1.165, 1.54) is 31.2 Å². The van der Waals surface area contributed by atoms with E-state index in [1.54, 1.807) is 6.92 Å². The fourth-order valence-electron chi connectivity index (χ4n) is 5.06. The molecule has 2 aromatic carbocycles. The smallest absolute Gasteiger partial charge is 0.255 e. The second-order valence-electron chi connectivity index (χ2n) is 9.02. The van der Waals surface area contributed by atoms with Gasteiger partial charge >= 0.3 is 0 Å². The number of carbonyl (C=O) groups excluding carboxylic acids is 1. The third-order valence-corrected chi connectivity index (χ3v) is 9.67. The molecule has 0 spiro atoms. The van der Waals surface area contributed by atoms with Gasteiger partial charge in [-0.15, -0.1) is 0 Å². The molecular formula is C23H24ClF2NO4S. The van der Waals surface area contributed by atoms with Gasteiger partial charge in [0.25, 0.3) is 5.91 Å². The number of rotatable bonds is 4.